The van der Waals surface area contributed by atoms with E-state index >= 15 is 0 Å². The summed E-state index contributed by atoms with van der Waals surface area (Å²) in [6, 6.07) is 0. The lowest BCUT2D eigenvalue weighted by Gasteiger charge is -2.26. The zero-order chi connectivity index (χ0) is 19.3. The number of aryl methyl sites for hydroxylation is 2. The van der Waals surface area contributed by atoms with Crippen LogP contribution in [0.3, 0.4) is 0 Å². The minimum Gasteiger partial charge on any atom is -0.378 e. The van der Waals surface area contributed by atoms with Gasteiger partial charge in [0.2, 0.25) is 5.91 Å². The van der Waals surface area contributed by atoms with Gasteiger partial charge in [-0.1, -0.05) is 18.7 Å². The smallest absolute Gasteiger partial charge is 0.233 e. The third kappa shape index (κ3) is 3.09. The molecule has 1 fully saturated rings. The number of carbonyl (C=O) groups is 1. The Balaban J connectivity index is 1.47. The lowest BCUT2D eigenvalue weighted by molar-refractivity contribution is -0.132. The topological polar surface area (TPSA) is 72.6 Å². The van der Waals surface area contributed by atoms with Crippen molar-refractivity contribution in [1.29, 1.82) is 0 Å². The van der Waals surface area contributed by atoms with Gasteiger partial charge in [0.05, 0.1) is 24.4 Å². The molecule has 1 aliphatic carbocycles. The first-order valence-corrected chi connectivity index (χ1v) is 11.6. The molecule has 9 heteroatoms. The van der Waals surface area contributed by atoms with Crippen LogP contribution >= 0.6 is 23.1 Å². The van der Waals surface area contributed by atoms with Crippen LogP contribution in [-0.2, 0) is 22.4 Å². The van der Waals surface area contributed by atoms with Crippen molar-refractivity contribution in [3.63, 3.8) is 0 Å². The van der Waals surface area contributed by atoms with Crippen LogP contribution in [0.4, 0.5) is 0 Å². The predicted molar refractivity (Wildman–Crippen MR) is 110 cm³/mol. The second-order valence-electron chi connectivity index (χ2n) is 7.61. The molecule has 28 heavy (non-hydrogen) atoms. The number of hydrogen-bond donors (Lipinski definition) is 0. The summed E-state index contributed by atoms with van der Waals surface area (Å²) in [5.74, 6) is 2.09. The zero-order valence-electron chi connectivity index (χ0n) is 16.1. The number of rotatable bonds is 3. The molecule has 1 atom stereocenters. The van der Waals surface area contributed by atoms with E-state index in [1.807, 2.05) is 27.6 Å². The molecule has 1 amide bonds. The van der Waals surface area contributed by atoms with Gasteiger partial charge in [0.25, 0.3) is 0 Å². The van der Waals surface area contributed by atoms with E-state index < -0.39 is 0 Å². The molecule has 5 rings (SSSR count). The Labute approximate surface area is 171 Å². The maximum absolute atomic E-state index is 12.5. The van der Waals surface area contributed by atoms with Crippen molar-refractivity contribution in [3.8, 4) is 0 Å². The van der Waals surface area contributed by atoms with Gasteiger partial charge in [0, 0.05) is 18.0 Å². The first-order valence-electron chi connectivity index (χ1n) is 9.76. The summed E-state index contributed by atoms with van der Waals surface area (Å²) < 4.78 is 7.34. The molecule has 0 aromatic carbocycles. The number of morpholine rings is 1. The number of thioether (sulfide) groups is 1. The van der Waals surface area contributed by atoms with Crippen molar-refractivity contribution in [2.24, 2.45) is 5.92 Å². The third-order valence-corrected chi connectivity index (χ3v) is 7.69. The molecule has 0 bridgehead atoms. The number of ether oxygens (including phenoxy) is 1. The minimum atomic E-state index is 0.124. The van der Waals surface area contributed by atoms with Crippen LogP contribution in [0, 0.1) is 12.8 Å². The van der Waals surface area contributed by atoms with E-state index in [2.05, 4.69) is 17.1 Å². The number of carbonyl (C=O) groups excluding carboxylic acids is 1. The molecule has 1 saturated heterocycles. The van der Waals surface area contributed by atoms with E-state index in [4.69, 9.17) is 9.72 Å². The fourth-order valence-electron chi connectivity index (χ4n) is 4.09. The molecule has 2 aliphatic rings. The Kier molecular flexibility index (Phi) is 4.76. The SMILES string of the molecule is Cc1nc2sc3c(c2c2nnc(SCC(=O)N4CCOCC4)n12)CCC(C)C3. The van der Waals surface area contributed by atoms with Gasteiger partial charge in [-0.3, -0.25) is 9.20 Å². The summed E-state index contributed by atoms with van der Waals surface area (Å²) in [7, 11) is 0. The molecule has 1 aliphatic heterocycles. The van der Waals surface area contributed by atoms with Crippen LogP contribution in [0.2, 0.25) is 0 Å². The largest absolute Gasteiger partial charge is 0.378 e. The first-order chi connectivity index (χ1) is 13.6. The molecular formula is C19H23N5O2S2. The number of thiophene rings is 1. The highest BCUT2D eigenvalue weighted by Crippen LogP contribution is 2.39. The highest BCUT2D eigenvalue weighted by molar-refractivity contribution is 7.99. The molecular weight excluding hydrogens is 394 g/mol. The highest BCUT2D eigenvalue weighted by Gasteiger charge is 2.25. The molecule has 0 radical (unpaired) electrons. The molecule has 7 nitrogen and oxygen atoms in total. The highest BCUT2D eigenvalue weighted by atomic mass is 32.2. The maximum atomic E-state index is 12.5. The van der Waals surface area contributed by atoms with Gasteiger partial charge in [-0.2, -0.15) is 0 Å². The van der Waals surface area contributed by atoms with Gasteiger partial charge in [-0.25, -0.2) is 4.98 Å². The number of hydrogen-bond acceptors (Lipinski definition) is 7. The van der Waals surface area contributed by atoms with Gasteiger partial charge in [-0.15, -0.1) is 21.5 Å². The summed E-state index contributed by atoms with van der Waals surface area (Å²) in [5, 5.41) is 10.8. The van der Waals surface area contributed by atoms with Crippen LogP contribution in [0.1, 0.15) is 29.6 Å². The summed E-state index contributed by atoms with van der Waals surface area (Å²) in [4.78, 5) is 21.7. The van der Waals surface area contributed by atoms with Gasteiger partial charge < -0.3 is 9.64 Å². The Bertz CT molecular complexity index is 1050. The van der Waals surface area contributed by atoms with E-state index in [0.717, 1.165) is 45.6 Å². The van der Waals surface area contributed by atoms with Crippen molar-refractivity contribution in [1.82, 2.24) is 24.5 Å². The number of aromatic nitrogens is 4. The zero-order valence-corrected chi connectivity index (χ0v) is 17.7. The molecule has 4 heterocycles. The number of nitrogens with zero attached hydrogens (tertiary/aromatic N) is 5. The van der Waals surface area contributed by atoms with Crippen molar-refractivity contribution in [3.05, 3.63) is 16.3 Å². The van der Waals surface area contributed by atoms with Gasteiger partial charge in [0.15, 0.2) is 10.8 Å². The third-order valence-electron chi connectivity index (χ3n) is 5.63. The fourth-order valence-corrected chi connectivity index (χ4v) is 6.39. The Morgan fingerprint density at radius 1 is 1.32 bits per heavy atom. The van der Waals surface area contributed by atoms with Gasteiger partial charge in [0.1, 0.15) is 10.7 Å². The van der Waals surface area contributed by atoms with E-state index in [0.29, 0.717) is 32.1 Å². The van der Waals surface area contributed by atoms with E-state index in [-0.39, 0.29) is 5.91 Å². The summed E-state index contributed by atoms with van der Waals surface area (Å²) in [6.45, 7) is 6.88. The molecule has 0 saturated carbocycles. The van der Waals surface area contributed by atoms with Crippen LogP contribution in [0.25, 0.3) is 15.9 Å². The summed E-state index contributed by atoms with van der Waals surface area (Å²) in [6.07, 6.45) is 3.43. The standard InChI is InChI=1S/C19H23N5O2S2/c1-11-3-4-13-14(9-11)28-18-16(13)17-21-22-19(24(17)12(2)20-18)27-10-15(25)23-5-7-26-8-6-23/h11H,3-10H2,1-2H3. The lowest BCUT2D eigenvalue weighted by atomic mass is 9.89. The quantitative estimate of drug-likeness (QED) is 0.610. The Morgan fingerprint density at radius 3 is 2.96 bits per heavy atom. The predicted octanol–water partition coefficient (Wildman–Crippen LogP) is 2.72. The molecule has 0 N–H and O–H groups in total. The van der Waals surface area contributed by atoms with Crippen molar-refractivity contribution >= 4 is 44.9 Å². The van der Waals surface area contributed by atoms with Crippen molar-refractivity contribution in [2.75, 3.05) is 32.1 Å². The van der Waals surface area contributed by atoms with Crippen LogP contribution in [-0.4, -0.2) is 62.4 Å². The van der Waals surface area contributed by atoms with E-state index in [1.165, 1.54) is 28.6 Å². The number of fused-ring (bicyclic) bond motifs is 5. The number of amides is 1. The Morgan fingerprint density at radius 2 is 2.14 bits per heavy atom. The minimum absolute atomic E-state index is 0.124. The normalized spacial score (nSPS) is 20.1. The van der Waals surface area contributed by atoms with E-state index in [1.54, 1.807) is 0 Å². The van der Waals surface area contributed by atoms with Gasteiger partial charge in [-0.05, 0) is 37.7 Å². The van der Waals surface area contributed by atoms with Crippen LogP contribution < -0.4 is 0 Å². The second-order valence-corrected chi connectivity index (χ2v) is 9.64. The average molecular weight is 418 g/mol. The summed E-state index contributed by atoms with van der Waals surface area (Å²) >= 11 is 3.25. The first kappa shape index (κ1) is 18.3. The van der Waals surface area contributed by atoms with Crippen LogP contribution in [0.5, 0.6) is 0 Å². The molecule has 148 valence electrons. The van der Waals surface area contributed by atoms with Crippen molar-refractivity contribution < 1.29 is 9.53 Å². The second kappa shape index (κ2) is 7.27. The maximum Gasteiger partial charge on any atom is 0.233 e. The lowest BCUT2D eigenvalue weighted by Crippen LogP contribution is -2.41. The molecule has 1 unspecified atom stereocenters. The Hall–Kier alpha value is -1.71. The fraction of sp³-hybridized carbons (Fsp3) is 0.579. The van der Waals surface area contributed by atoms with E-state index in [9.17, 15) is 4.79 Å². The van der Waals surface area contributed by atoms with Crippen molar-refractivity contribution in [2.45, 2.75) is 38.3 Å². The van der Waals surface area contributed by atoms with Gasteiger partial charge >= 0.3 is 0 Å². The van der Waals surface area contributed by atoms with Crippen LogP contribution in [0.15, 0.2) is 5.16 Å². The average Bonchev–Trinajstić information content (AvgIpc) is 3.27. The summed E-state index contributed by atoms with van der Waals surface area (Å²) in [5.41, 5.74) is 2.29. The molecule has 3 aromatic rings. The monoisotopic (exact) mass is 417 g/mol. The molecule has 0 spiro atoms. The molecule has 3 aromatic heterocycles.